The Labute approximate surface area is 365 Å². The summed E-state index contributed by atoms with van der Waals surface area (Å²) >= 11 is 0. The monoisotopic (exact) mass is 807 g/mol. The van der Waals surface area contributed by atoms with Crippen molar-refractivity contribution in [3.8, 4) is 67.5 Å². The van der Waals surface area contributed by atoms with Crippen LogP contribution >= 0.6 is 0 Å². The first kappa shape index (κ1) is 36.0. The van der Waals surface area contributed by atoms with E-state index in [0.717, 1.165) is 55.3 Å². The van der Waals surface area contributed by atoms with Gasteiger partial charge in [-0.3, -0.25) is 0 Å². The fourth-order valence-electron chi connectivity index (χ4n) is 11.0. The summed E-state index contributed by atoms with van der Waals surface area (Å²) < 4.78 is 6.89. The summed E-state index contributed by atoms with van der Waals surface area (Å²) in [5, 5.41) is 6.91. The van der Waals surface area contributed by atoms with E-state index in [-0.39, 0.29) is 10.8 Å². The second kappa shape index (κ2) is 12.9. The molecule has 9 aromatic carbocycles. The van der Waals surface area contributed by atoms with Crippen LogP contribution in [0.4, 0.5) is 0 Å². The van der Waals surface area contributed by atoms with Crippen molar-refractivity contribution in [3.05, 3.63) is 198 Å². The molecule has 4 heteroatoms. The topological polar surface area (TPSA) is 51.8 Å². The molecule has 0 bridgehead atoms. The SMILES string of the molecule is CC1(C)c2ccccc2-c2c1cc(-c1nc(-c3cccc(-c4ccccc4)c3)nc(-c3ccc4ccc5c6c(ccc5c4c3)-c3ccccc3C6(C)C)n1)c1c2oc2ccccc21. The van der Waals surface area contributed by atoms with Gasteiger partial charge in [0.1, 0.15) is 11.2 Å². The van der Waals surface area contributed by atoms with Crippen LogP contribution in [-0.2, 0) is 10.8 Å². The Bertz CT molecular complexity index is 3740. The van der Waals surface area contributed by atoms with E-state index in [0.29, 0.717) is 17.5 Å². The summed E-state index contributed by atoms with van der Waals surface area (Å²) in [6.45, 7) is 9.34. The second-order valence-corrected chi connectivity index (χ2v) is 18.3. The molecule has 11 aromatic rings. The molecule has 0 unspecified atom stereocenters. The van der Waals surface area contributed by atoms with Crippen molar-refractivity contribution in [3.63, 3.8) is 0 Å². The molecule has 0 spiro atoms. The van der Waals surface area contributed by atoms with Gasteiger partial charge in [0.25, 0.3) is 0 Å². The molecule has 63 heavy (non-hydrogen) atoms. The Morgan fingerprint density at radius 1 is 0.381 bits per heavy atom. The normalized spacial score (nSPS) is 14.3. The summed E-state index contributed by atoms with van der Waals surface area (Å²) in [6, 6.07) is 63.2. The van der Waals surface area contributed by atoms with E-state index < -0.39 is 0 Å². The molecule has 2 heterocycles. The first-order valence-corrected chi connectivity index (χ1v) is 21.9. The third-order valence-corrected chi connectivity index (χ3v) is 14.1. The van der Waals surface area contributed by atoms with Crippen molar-refractivity contribution in [2.45, 2.75) is 38.5 Å². The minimum absolute atomic E-state index is 0.128. The van der Waals surface area contributed by atoms with E-state index in [9.17, 15) is 0 Å². The highest BCUT2D eigenvalue weighted by atomic mass is 16.3. The van der Waals surface area contributed by atoms with Crippen molar-refractivity contribution in [2.75, 3.05) is 0 Å². The molecule has 0 saturated heterocycles. The van der Waals surface area contributed by atoms with Crippen LogP contribution in [0.3, 0.4) is 0 Å². The van der Waals surface area contributed by atoms with Crippen LogP contribution in [0, 0.1) is 0 Å². The van der Waals surface area contributed by atoms with E-state index in [4.69, 9.17) is 19.4 Å². The molecule has 0 fully saturated rings. The molecular formula is C59H41N3O. The van der Waals surface area contributed by atoms with E-state index in [1.54, 1.807) is 0 Å². The third kappa shape index (κ3) is 5.12. The highest BCUT2D eigenvalue weighted by Gasteiger charge is 2.39. The fraction of sp³-hybridized carbons (Fsp3) is 0.102. The maximum Gasteiger partial charge on any atom is 0.164 e. The number of benzene rings is 9. The molecule has 0 radical (unpaired) electrons. The van der Waals surface area contributed by atoms with Crippen molar-refractivity contribution >= 4 is 43.5 Å². The molecule has 0 aliphatic heterocycles. The summed E-state index contributed by atoms with van der Waals surface area (Å²) in [6.07, 6.45) is 0. The zero-order valence-corrected chi connectivity index (χ0v) is 35.5. The Morgan fingerprint density at radius 3 is 1.84 bits per heavy atom. The molecule has 2 aromatic heterocycles. The van der Waals surface area contributed by atoms with E-state index >= 15 is 0 Å². The molecule has 298 valence electrons. The van der Waals surface area contributed by atoms with Crippen molar-refractivity contribution in [1.29, 1.82) is 0 Å². The van der Waals surface area contributed by atoms with Gasteiger partial charge in [-0.15, -0.1) is 0 Å². The molecule has 0 amide bonds. The predicted molar refractivity (Wildman–Crippen MR) is 259 cm³/mol. The molecule has 2 aliphatic rings. The minimum Gasteiger partial charge on any atom is -0.455 e. The van der Waals surface area contributed by atoms with Crippen LogP contribution in [0.15, 0.2) is 180 Å². The molecule has 0 saturated carbocycles. The van der Waals surface area contributed by atoms with Gasteiger partial charge in [-0.2, -0.15) is 0 Å². The number of nitrogens with zero attached hydrogens (tertiary/aromatic N) is 3. The van der Waals surface area contributed by atoms with Gasteiger partial charge in [0.2, 0.25) is 0 Å². The van der Waals surface area contributed by atoms with Crippen LogP contribution < -0.4 is 0 Å². The van der Waals surface area contributed by atoms with Crippen LogP contribution in [0.5, 0.6) is 0 Å². The van der Waals surface area contributed by atoms with Gasteiger partial charge in [-0.25, -0.2) is 15.0 Å². The number of para-hydroxylation sites is 1. The van der Waals surface area contributed by atoms with E-state index in [1.165, 1.54) is 60.5 Å². The minimum atomic E-state index is -0.272. The summed E-state index contributed by atoms with van der Waals surface area (Å²) in [5.74, 6) is 1.85. The Balaban J connectivity index is 1.07. The number of hydrogen-bond donors (Lipinski definition) is 0. The lowest BCUT2D eigenvalue weighted by molar-refractivity contribution is 0.653. The van der Waals surface area contributed by atoms with Gasteiger partial charge >= 0.3 is 0 Å². The molecule has 0 N–H and O–H groups in total. The summed E-state index contributed by atoms with van der Waals surface area (Å²) in [7, 11) is 0. The Morgan fingerprint density at radius 2 is 1.02 bits per heavy atom. The number of furan rings is 1. The quantitative estimate of drug-likeness (QED) is 0.166. The lowest BCUT2D eigenvalue weighted by Crippen LogP contribution is -2.15. The Kier molecular flexibility index (Phi) is 7.38. The summed E-state index contributed by atoms with van der Waals surface area (Å²) in [5.41, 5.74) is 16.6. The number of rotatable bonds is 4. The first-order chi connectivity index (χ1) is 30.7. The van der Waals surface area contributed by atoms with Gasteiger partial charge in [0.05, 0.1) is 0 Å². The zero-order chi connectivity index (χ0) is 42.2. The highest BCUT2D eigenvalue weighted by molar-refractivity contribution is 6.18. The largest absolute Gasteiger partial charge is 0.455 e. The van der Waals surface area contributed by atoms with Gasteiger partial charge < -0.3 is 4.42 Å². The maximum absolute atomic E-state index is 6.89. The Hall–Kier alpha value is -7.69. The molecule has 13 rings (SSSR count). The lowest BCUT2D eigenvalue weighted by atomic mass is 9.80. The van der Waals surface area contributed by atoms with Crippen molar-refractivity contribution < 1.29 is 4.42 Å². The standard InChI is InChI=1S/C59H41N3O/c1-58(2)48-23-12-9-20-43(48)52-49(58)33-46(51-44-21-10-13-24-50(44)63-54(51)52)57-61-55(37-18-14-17-36(31-37)34-15-6-5-7-16-34)60-56(62-57)38-26-25-35-27-28-41-39(45(35)32-38)29-30-42-40-19-8-11-22-47(40)59(3,4)53(41)42/h5-33H,1-4H3. The first-order valence-electron chi connectivity index (χ1n) is 21.9. The fourth-order valence-corrected chi connectivity index (χ4v) is 11.0. The van der Waals surface area contributed by atoms with Crippen LogP contribution in [-0.4, -0.2) is 15.0 Å². The van der Waals surface area contributed by atoms with Gasteiger partial charge in [0, 0.05) is 43.9 Å². The van der Waals surface area contributed by atoms with Crippen LogP contribution in [0.2, 0.25) is 0 Å². The molecular weight excluding hydrogens is 767 g/mol. The van der Waals surface area contributed by atoms with Gasteiger partial charge in [0.15, 0.2) is 17.5 Å². The highest BCUT2D eigenvalue weighted by Crippen LogP contribution is 2.55. The van der Waals surface area contributed by atoms with E-state index in [1.807, 2.05) is 6.07 Å². The maximum atomic E-state index is 6.89. The van der Waals surface area contributed by atoms with Crippen molar-refractivity contribution in [1.82, 2.24) is 15.0 Å². The van der Waals surface area contributed by atoms with Gasteiger partial charge in [-0.05, 0) is 95.9 Å². The summed E-state index contributed by atoms with van der Waals surface area (Å²) in [4.78, 5) is 16.2. The van der Waals surface area contributed by atoms with Gasteiger partial charge in [-0.1, -0.05) is 179 Å². The molecule has 4 nitrogen and oxygen atoms in total. The zero-order valence-electron chi connectivity index (χ0n) is 35.5. The average Bonchev–Trinajstić information content (AvgIpc) is 3.91. The number of fused-ring (bicyclic) bond motifs is 14. The second-order valence-electron chi connectivity index (χ2n) is 18.3. The average molecular weight is 808 g/mol. The van der Waals surface area contributed by atoms with Crippen LogP contribution in [0.25, 0.3) is 111 Å². The molecule has 2 aliphatic carbocycles. The number of aromatic nitrogens is 3. The van der Waals surface area contributed by atoms with Crippen LogP contribution in [0.1, 0.15) is 49.9 Å². The molecule has 0 atom stereocenters. The van der Waals surface area contributed by atoms with Crippen molar-refractivity contribution in [2.24, 2.45) is 0 Å². The predicted octanol–water partition coefficient (Wildman–Crippen LogP) is 15.4. The lowest BCUT2D eigenvalue weighted by Gasteiger charge is -2.23. The third-order valence-electron chi connectivity index (χ3n) is 14.1. The number of hydrogen-bond acceptors (Lipinski definition) is 4. The smallest absolute Gasteiger partial charge is 0.164 e. The van der Waals surface area contributed by atoms with E-state index in [2.05, 4.69) is 198 Å².